The van der Waals surface area contributed by atoms with E-state index in [-0.39, 0.29) is 4.75 Å². The average molecular weight is 166 g/mol. The maximum atomic E-state index is 4.10. The largest absolute Gasteiger partial charge is 0.240 e. The van der Waals surface area contributed by atoms with E-state index in [1.165, 1.54) is 0 Å². The molecular formula is C9H12NS. The highest BCUT2D eigenvalue weighted by molar-refractivity contribution is 8.00. The molecule has 0 spiro atoms. The van der Waals surface area contributed by atoms with Crippen LogP contribution in [0.3, 0.4) is 0 Å². The fraction of sp³-hybridized carbons (Fsp3) is 0.444. The van der Waals surface area contributed by atoms with Gasteiger partial charge in [0.2, 0.25) is 0 Å². The minimum atomic E-state index is 0.238. The van der Waals surface area contributed by atoms with Crippen LogP contribution in [0.1, 0.15) is 20.8 Å². The van der Waals surface area contributed by atoms with Crippen molar-refractivity contribution in [3.8, 4) is 0 Å². The highest BCUT2D eigenvalue weighted by atomic mass is 32.2. The zero-order valence-electron chi connectivity index (χ0n) is 7.09. The summed E-state index contributed by atoms with van der Waals surface area (Å²) in [6.07, 6.45) is 2.81. The molecule has 59 valence electrons. The number of rotatable bonds is 1. The second kappa shape index (κ2) is 3.26. The van der Waals surface area contributed by atoms with Crippen LogP contribution in [-0.2, 0) is 0 Å². The summed E-state index contributed by atoms with van der Waals surface area (Å²) in [6, 6.07) is 5.78. The first-order valence-electron chi connectivity index (χ1n) is 3.60. The first kappa shape index (κ1) is 8.60. The molecule has 0 aliphatic heterocycles. The third-order valence-electron chi connectivity index (χ3n) is 0.995. The molecule has 0 saturated carbocycles. The molecule has 0 saturated heterocycles. The number of thioether (sulfide) groups is 1. The van der Waals surface area contributed by atoms with E-state index in [2.05, 4.69) is 32.0 Å². The second-order valence-corrected chi connectivity index (χ2v) is 5.17. The molecule has 1 heterocycles. The fourth-order valence-electron chi connectivity index (χ4n) is 0.682. The van der Waals surface area contributed by atoms with Crippen LogP contribution in [0.2, 0.25) is 0 Å². The lowest BCUT2D eigenvalue weighted by atomic mass is 10.3. The van der Waals surface area contributed by atoms with Crippen molar-refractivity contribution in [2.75, 3.05) is 0 Å². The van der Waals surface area contributed by atoms with Gasteiger partial charge in [0.15, 0.2) is 0 Å². The van der Waals surface area contributed by atoms with E-state index in [0.717, 1.165) is 5.03 Å². The van der Waals surface area contributed by atoms with Crippen LogP contribution in [0.5, 0.6) is 0 Å². The Bertz CT molecular complexity index is 213. The van der Waals surface area contributed by atoms with Crippen LogP contribution in [0, 0.1) is 6.20 Å². The Morgan fingerprint density at radius 3 is 2.64 bits per heavy atom. The van der Waals surface area contributed by atoms with Crippen LogP contribution in [-0.4, -0.2) is 9.73 Å². The number of nitrogens with zero attached hydrogens (tertiary/aromatic N) is 1. The van der Waals surface area contributed by atoms with Gasteiger partial charge in [0.05, 0.1) is 11.2 Å². The molecule has 1 aromatic rings. The first-order chi connectivity index (χ1) is 5.08. The highest BCUT2D eigenvalue weighted by Gasteiger charge is 2.11. The van der Waals surface area contributed by atoms with Crippen molar-refractivity contribution in [3.63, 3.8) is 0 Å². The Morgan fingerprint density at radius 2 is 2.18 bits per heavy atom. The summed E-state index contributed by atoms with van der Waals surface area (Å²) in [5.74, 6) is 0. The fourth-order valence-corrected chi connectivity index (χ4v) is 1.55. The van der Waals surface area contributed by atoms with Crippen molar-refractivity contribution in [1.29, 1.82) is 0 Å². The summed E-state index contributed by atoms with van der Waals surface area (Å²) in [7, 11) is 0. The Morgan fingerprint density at radius 1 is 1.45 bits per heavy atom. The normalized spacial score (nSPS) is 11.5. The second-order valence-electron chi connectivity index (χ2n) is 3.32. The number of pyridine rings is 1. The summed E-state index contributed by atoms with van der Waals surface area (Å²) in [6.45, 7) is 6.52. The zero-order chi connectivity index (χ0) is 8.32. The molecule has 0 amide bonds. The summed E-state index contributed by atoms with van der Waals surface area (Å²) in [5, 5.41) is 1.04. The van der Waals surface area contributed by atoms with Gasteiger partial charge in [0.1, 0.15) is 0 Å². The van der Waals surface area contributed by atoms with Crippen molar-refractivity contribution in [1.82, 2.24) is 4.98 Å². The Kier molecular flexibility index (Phi) is 2.55. The van der Waals surface area contributed by atoms with E-state index in [1.807, 2.05) is 18.2 Å². The Hall–Kier alpha value is -0.500. The van der Waals surface area contributed by atoms with Crippen molar-refractivity contribution in [2.24, 2.45) is 0 Å². The Labute approximate surface area is 72.2 Å². The molecule has 0 unspecified atom stereocenters. The average Bonchev–Trinajstić information content (AvgIpc) is 1.85. The molecule has 1 nitrogen and oxygen atoms in total. The maximum absolute atomic E-state index is 4.10. The standard InChI is InChI=1S/C9H12NS/c1-9(2,3)11-8-6-4-5-7-10-8/h4-6H,1-3H3. The van der Waals surface area contributed by atoms with Gasteiger partial charge >= 0.3 is 0 Å². The topological polar surface area (TPSA) is 12.9 Å². The third-order valence-corrected chi connectivity index (χ3v) is 2.04. The number of hydrogen-bond acceptors (Lipinski definition) is 2. The van der Waals surface area contributed by atoms with Gasteiger partial charge in [0, 0.05) is 4.75 Å². The van der Waals surface area contributed by atoms with Crippen molar-refractivity contribution < 1.29 is 0 Å². The third kappa shape index (κ3) is 3.42. The first-order valence-corrected chi connectivity index (χ1v) is 4.42. The molecule has 0 fully saturated rings. The molecular weight excluding hydrogens is 154 g/mol. The molecule has 0 aromatic carbocycles. The van der Waals surface area contributed by atoms with Gasteiger partial charge in [-0.3, -0.25) is 0 Å². The molecule has 11 heavy (non-hydrogen) atoms. The SMILES string of the molecule is CC(C)(C)Sc1ccc[c]n1. The molecule has 0 atom stereocenters. The van der Waals surface area contributed by atoms with Gasteiger partial charge in [0.25, 0.3) is 0 Å². The van der Waals surface area contributed by atoms with Crippen LogP contribution in [0.4, 0.5) is 0 Å². The summed E-state index contributed by atoms with van der Waals surface area (Å²) in [4.78, 5) is 4.10. The predicted molar refractivity (Wildman–Crippen MR) is 48.7 cm³/mol. The summed E-state index contributed by atoms with van der Waals surface area (Å²) >= 11 is 1.76. The van der Waals surface area contributed by atoms with Gasteiger partial charge in [-0.25, -0.2) is 4.98 Å². The molecule has 0 N–H and O–H groups in total. The smallest absolute Gasteiger partial charge is 0.0973 e. The van der Waals surface area contributed by atoms with Crippen molar-refractivity contribution >= 4 is 11.8 Å². The Balaban J connectivity index is 2.66. The molecule has 0 aliphatic carbocycles. The van der Waals surface area contributed by atoms with Crippen LogP contribution in [0.25, 0.3) is 0 Å². The van der Waals surface area contributed by atoms with Crippen LogP contribution < -0.4 is 0 Å². The minimum absolute atomic E-state index is 0.238. The predicted octanol–water partition coefficient (Wildman–Crippen LogP) is 2.77. The molecule has 1 rings (SSSR count). The lowest BCUT2D eigenvalue weighted by Crippen LogP contribution is -2.06. The monoisotopic (exact) mass is 166 g/mol. The van der Waals surface area contributed by atoms with E-state index >= 15 is 0 Å². The number of hydrogen-bond donors (Lipinski definition) is 0. The van der Waals surface area contributed by atoms with E-state index in [4.69, 9.17) is 0 Å². The van der Waals surface area contributed by atoms with E-state index in [0.29, 0.717) is 0 Å². The van der Waals surface area contributed by atoms with E-state index in [1.54, 1.807) is 11.8 Å². The summed E-state index contributed by atoms with van der Waals surface area (Å²) in [5.41, 5.74) is 0. The molecule has 1 aromatic heterocycles. The molecule has 0 aliphatic rings. The van der Waals surface area contributed by atoms with Crippen LogP contribution >= 0.6 is 11.8 Å². The number of aromatic nitrogens is 1. The lowest BCUT2D eigenvalue weighted by molar-refractivity contribution is 0.799. The molecule has 0 bridgehead atoms. The van der Waals surface area contributed by atoms with Gasteiger partial charge in [-0.05, 0) is 12.1 Å². The van der Waals surface area contributed by atoms with Crippen molar-refractivity contribution in [2.45, 2.75) is 30.5 Å². The van der Waals surface area contributed by atoms with E-state index in [9.17, 15) is 0 Å². The molecule has 2 heteroatoms. The van der Waals surface area contributed by atoms with Crippen molar-refractivity contribution in [3.05, 3.63) is 24.4 Å². The summed E-state index contributed by atoms with van der Waals surface area (Å²) < 4.78 is 0.238. The van der Waals surface area contributed by atoms with Crippen LogP contribution in [0.15, 0.2) is 23.2 Å². The lowest BCUT2D eigenvalue weighted by Gasteiger charge is -2.15. The van der Waals surface area contributed by atoms with E-state index < -0.39 is 0 Å². The maximum Gasteiger partial charge on any atom is 0.0973 e. The van der Waals surface area contributed by atoms with Gasteiger partial charge in [-0.2, -0.15) is 0 Å². The van der Waals surface area contributed by atoms with Gasteiger partial charge < -0.3 is 0 Å². The highest BCUT2D eigenvalue weighted by Crippen LogP contribution is 2.29. The van der Waals surface area contributed by atoms with Gasteiger partial charge in [-0.15, -0.1) is 11.8 Å². The minimum Gasteiger partial charge on any atom is -0.240 e. The quantitative estimate of drug-likeness (QED) is 0.595. The van der Waals surface area contributed by atoms with Gasteiger partial charge in [-0.1, -0.05) is 26.8 Å². The molecule has 1 radical (unpaired) electrons. The zero-order valence-corrected chi connectivity index (χ0v) is 7.90.